The predicted octanol–water partition coefficient (Wildman–Crippen LogP) is 0.786. The molecule has 0 aliphatic carbocycles. The van der Waals surface area contributed by atoms with Gasteiger partial charge < -0.3 is 10.9 Å². The average Bonchev–Trinajstić information content (AvgIpc) is 2.94. The van der Waals surface area contributed by atoms with Crippen LogP contribution in [0.1, 0.15) is 18.2 Å². The van der Waals surface area contributed by atoms with Gasteiger partial charge in [-0.1, -0.05) is 12.1 Å². The van der Waals surface area contributed by atoms with Crippen molar-refractivity contribution >= 4 is 17.2 Å². The maximum Gasteiger partial charge on any atom is 0.156 e. The van der Waals surface area contributed by atoms with Gasteiger partial charge in [0.25, 0.3) is 0 Å². The summed E-state index contributed by atoms with van der Waals surface area (Å²) in [5.74, 6) is 0.318. The molecule has 0 saturated carbocycles. The van der Waals surface area contributed by atoms with Crippen molar-refractivity contribution in [2.24, 2.45) is 10.9 Å². The number of amidine groups is 1. The third kappa shape index (κ3) is 3.65. The van der Waals surface area contributed by atoms with Crippen molar-refractivity contribution in [1.82, 2.24) is 14.8 Å². The molecule has 106 valence electrons. The summed E-state index contributed by atoms with van der Waals surface area (Å²) in [6, 6.07) is 0.0514. The van der Waals surface area contributed by atoms with E-state index in [9.17, 15) is 0 Å². The van der Waals surface area contributed by atoms with Crippen molar-refractivity contribution in [3.8, 4) is 0 Å². The molecule has 1 saturated heterocycles. The fourth-order valence-electron chi connectivity index (χ4n) is 2.49. The first-order valence-corrected chi connectivity index (χ1v) is 7.43. The summed E-state index contributed by atoms with van der Waals surface area (Å²) in [5.41, 5.74) is 7.61. The minimum Gasteiger partial charge on any atom is -0.409 e. The normalized spacial score (nSPS) is 20.6. The third-order valence-corrected chi connectivity index (χ3v) is 4.32. The zero-order chi connectivity index (χ0) is 13.7. The van der Waals surface area contributed by atoms with Crippen LogP contribution in [0, 0.1) is 0 Å². The van der Waals surface area contributed by atoms with Crippen molar-refractivity contribution in [2.45, 2.75) is 25.9 Å². The number of hydrogen-bond donors (Lipinski definition) is 2. The van der Waals surface area contributed by atoms with Gasteiger partial charge >= 0.3 is 0 Å². The molecule has 6 nitrogen and oxygen atoms in total. The maximum absolute atomic E-state index is 8.81. The highest BCUT2D eigenvalue weighted by Crippen LogP contribution is 2.14. The molecular formula is C12H21N5OS. The number of aromatic nitrogens is 1. The van der Waals surface area contributed by atoms with Crippen LogP contribution in [-0.2, 0) is 6.54 Å². The highest BCUT2D eigenvalue weighted by atomic mass is 32.1. The van der Waals surface area contributed by atoms with Gasteiger partial charge in [-0.2, -0.15) is 0 Å². The highest BCUT2D eigenvalue weighted by Gasteiger charge is 2.25. The molecule has 1 aliphatic heterocycles. The molecule has 1 fully saturated rings. The monoisotopic (exact) mass is 283 g/mol. The van der Waals surface area contributed by atoms with Gasteiger partial charge in [0.1, 0.15) is 0 Å². The zero-order valence-electron chi connectivity index (χ0n) is 11.2. The van der Waals surface area contributed by atoms with Crippen molar-refractivity contribution in [3.63, 3.8) is 0 Å². The predicted molar refractivity (Wildman–Crippen MR) is 76.5 cm³/mol. The molecule has 2 rings (SSSR count). The molecule has 0 aromatic carbocycles. The van der Waals surface area contributed by atoms with E-state index in [1.165, 1.54) is 4.88 Å². The van der Waals surface area contributed by atoms with Crippen molar-refractivity contribution in [3.05, 3.63) is 16.6 Å². The SMILES string of the molecule is CCC(C(N)=NO)N1CCN(Cc2cncs2)CC1. The topological polar surface area (TPSA) is 78.0 Å². The molecule has 19 heavy (non-hydrogen) atoms. The van der Waals surface area contributed by atoms with E-state index in [0.29, 0.717) is 5.84 Å². The summed E-state index contributed by atoms with van der Waals surface area (Å²) in [5, 5.41) is 12.0. The highest BCUT2D eigenvalue weighted by molar-refractivity contribution is 7.09. The van der Waals surface area contributed by atoms with E-state index < -0.39 is 0 Å². The minimum absolute atomic E-state index is 0.0514. The van der Waals surface area contributed by atoms with Crippen LogP contribution in [0.25, 0.3) is 0 Å². The molecule has 0 amide bonds. The lowest BCUT2D eigenvalue weighted by Crippen LogP contribution is -2.53. The van der Waals surface area contributed by atoms with Gasteiger partial charge in [0.05, 0.1) is 11.6 Å². The molecule has 1 aromatic heterocycles. The van der Waals surface area contributed by atoms with Gasteiger partial charge in [-0.3, -0.25) is 14.8 Å². The second-order valence-corrected chi connectivity index (χ2v) is 5.70. The lowest BCUT2D eigenvalue weighted by atomic mass is 10.1. The number of thiazole rings is 1. The molecule has 3 N–H and O–H groups in total. The Labute approximate surface area is 117 Å². The van der Waals surface area contributed by atoms with Gasteiger partial charge in [-0.05, 0) is 6.42 Å². The molecule has 1 unspecified atom stereocenters. The third-order valence-electron chi connectivity index (χ3n) is 3.55. The Morgan fingerprint density at radius 3 is 2.79 bits per heavy atom. The van der Waals surface area contributed by atoms with Crippen LogP contribution in [0.15, 0.2) is 16.9 Å². The summed E-state index contributed by atoms with van der Waals surface area (Å²) in [6.45, 7) is 6.95. The molecule has 0 bridgehead atoms. The average molecular weight is 283 g/mol. The van der Waals surface area contributed by atoms with E-state index in [-0.39, 0.29) is 6.04 Å². The number of rotatable bonds is 5. The summed E-state index contributed by atoms with van der Waals surface area (Å²) < 4.78 is 0. The van der Waals surface area contributed by atoms with Gasteiger partial charge in [0.15, 0.2) is 5.84 Å². The Morgan fingerprint density at radius 2 is 2.26 bits per heavy atom. The first-order valence-electron chi connectivity index (χ1n) is 6.55. The minimum atomic E-state index is 0.0514. The standard InChI is InChI=1S/C12H21N5OS/c1-2-11(12(13)15-18)17-5-3-16(4-6-17)8-10-7-14-9-19-10/h7,9,11,18H,2-6,8H2,1H3,(H2,13,15). The lowest BCUT2D eigenvalue weighted by Gasteiger charge is -2.38. The van der Waals surface area contributed by atoms with E-state index in [4.69, 9.17) is 10.9 Å². The van der Waals surface area contributed by atoms with Crippen LogP contribution in [0.5, 0.6) is 0 Å². The molecule has 1 aromatic rings. The Kier molecular flexibility index (Phi) is 5.12. The Hall–Kier alpha value is -1.18. The van der Waals surface area contributed by atoms with Gasteiger partial charge in [-0.25, -0.2) is 0 Å². The fourth-order valence-corrected chi connectivity index (χ4v) is 3.13. The second-order valence-electron chi connectivity index (χ2n) is 4.73. The van der Waals surface area contributed by atoms with Crippen LogP contribution in [0.4, 0.5) is 0 Å². The second kappa shape index (κ2) is 6.83. The molecule has 2 heterocycles. The fraction of sp³-hybridized carbons (Fsp3) is 0.667. The Morgan fingerprint density at radius 1 is 1.53 bits per heavy atom. The number of oxime groups is 1. The maximum atomic E-state index is 8.81. The number of nitrogens with two attached hydrogens (primary N) is 1. The summed E-state index contributed by atoms with van der Waals surface area (Å²) >= 11 is 1.70. The first-order chi connectivity index (χ1) is 9.24. The van der Waals surface area contributed by atoms with E-state index in [1.54, 1.807) is 11.3 Å². The molecule has 7 heteroatoms. The van der Waals surface area contributed by atoms with E-state index in [2.05, 4.69) is 26.9 Å². The smallest absolute Gasteiger partial charge is 0.156 e. The van der Waals surface area contributed by atoms with E-state index >= 15 is 0 Å². The van der Waals surface area contributed by atoms with Crippen LogP contribution in [-0.4, -0.2) is 58.0 Å². The van der Waals surface area contributed by atoms with Gasteiger partial charge in [-0.15, -0.1) is 11.3 Å². The van der Waals surface area contributed by atoms with Crippen LogP contribution >= 0.6 is 11.3 Å². The number of piperazine rings is 1. The van der Waals surface area contributed by atoms with Crippen molar-refractivity contribution in [1.29, 1.82) is 0 Å². The Bertz CT molecular complexity index is 400. The van der Waals surface area contributed by atoms with Crippen LogP contribution in [0.3, 0.4) is 0 Å². The van der Waals surface area contributed by atoms with Crippen LogP contribution in [0.2, 0.25) is 0 Å². The van der Waals surface area contributed by atoms with Crippen molar-refractivity contribution < 1.29 is 5.21 Å². The lowest BCUT2D eigenvalue weighted by molar-refractivity contribution is 0.110. The quantitative estimate of drug-likeness (QED) is 0.361. The first kappa shape index (κ1) is 14.2. The summed E-state index contributed by atoms with van der Waals surface area (Å²) in [4.78, 5) is 10.1. The molecular weight excluding hydrogens is 262 g/mol. The number of hydrogen-bond acceptors (Lipinski definition) is 6. The van der Waals surface area contributed by atoms with E-state index in [0.717, 1.165) is 39.1 Å². The van der Waals surface area contributed by atoms with E-state index in [1.807, 2.05) is 11.7 Å². The number of nitrogens with zero attached hydrogens (tertiary/aromatic N) is 4. The summed E-state index contributed by atoms with van der Waals surface area (Å²) in [6.07, 6.45) is 2.80. The molecule has 0 spiro atoms. The van der Waals surface area contributed by atoms with Crippen LogP contribution < -0.4 is 5.73 Å². The molecule has 0 radical (unpaired) electrons. The zero-order valence-corrected chi connectivity index (χ0v) is 12.0. The van der Waals surface area contributed by atoms with Gasteiger partial charge in [0.2, 0.25) is 0 Å². The molecule has 1 atom stereocenters. The van der Waals surface area contributed by atoms with Crippen molar-refractivity contribution in [2.75, 3.05) is 26.2 Å². The van der Waals surface area contributed by atoms with Gasteiger partial charge in [0, 0.05) is 43.8 Å². The summed E-state index contributed by atoms with van der Waals surface area (Å²) in [7, 11) is 0. The Balaban J connectivity index is 1.84. The molecule has 1 aliphatic rings. The largest absolute Gasteiger partial charge is 0.409 e.